The van der Waals surface area contributed by atoms with Gasteiger partial charge in [-0.2, -0.15) is 28.1 Å². The number of alkyl halides is 3. The van der Waals surface area contributed by atoms with E-state index in [0.29, 0.717) is 0 Å². The second kappa shape index (κ2) is 5.72. The second-order valence-electron chi connectivity index (χ2n) is 3.93. The molecule has 0 atom stereocenters. The number of nitrogens with one attached hydrogen (secondary N) is 1. The standard InChI is InChI=1S/C10H12F3N7/c11-10(12,13)2-1-3-16-8-17-7(14)18-9(19-8)20-5-4-15-6-20/h4-6H,1-3H2,(H3,14,16,17,18,19). The summed E-state index contributed by atoms with van der Waals surface area (Å²) in [5.74, 6) is 0.346. The van der Waals surface area contributed by atoms with Crippen molar-refractivity contribution in [2.75, 3.05) is 17.6 Å². The van der Waals surface area contributed by atoms with E-state index in [1.807, 2.05) is 0 Å². The number of imidazole rings is 1. The normalized spacial score (nSPS) is 11.6. The molecule has 2 heterocycles. The molecule has 0 saturated heterocycles. The predicted octanol–water partition coefficient (Wildman–Crippen LogP) is 1.39. The van der Waals surface area contributed by atoms with E-state index in [0.717, 1.165) is 0 Å². The van der Waals surface area contributed by atoms with Crippen molar-refractivity contribution in [3.8, 4) is 5.95 Å². The quantitative estimate of drug-likeness (QED) is 0.807. The molecule has 0 aliphatic carbocycles. The average Bonchev–Trinajstić information content (AvgIpc) is 2.86. The zero-order valence-electron chi connectivity index (χ0n) is 10.3. The van der Waals surface area contributed by atoms with Crippen molar-refractivity contribution in [1.82, 2.24) is 24.5 Å². The van der Waals surface area contributed by atoms with Crippen molar-refractivity contribution in [2.24, 2.45) is 0 Å². The third-order valence-electron chi connectivity index (χ3n) is 2.30. The molecule has 0 saturated carbocycles. The van der Waals surface area contributed by atoms with E-state index in [1.54, 1.807) is 6.20 Å². The number of nitrogen functional groups attached to an aromatic ring is 1. The Labute approximate surface area is 112 Å². The maximum atomic E-state index is 12.0. The minimum absolute atomic E-state index is 0.0259. The summed E-state index contributed by atoms with van der Waals surface area (Å²) < 4.78 is 37.5. The third kappa shape index (κ3) is 4.07. The van der Waals surface area contributed by atoms with E-state index in [2.05, 4.69) is 25.3 Å². The second-order valence-corrected chi connectivity index (χ2v) is 3.93. The highest BCUT2D eigenvalue weighted by Gasteiger charge is 2.25. The van der Waals surface area contributed by atoms with Crippen LogP contribution in [0.15, 0.2) is 18.7 Å². The Kier molecular flexibility index (Phi) is 4.01. The third-order valence-corrected chi connectivity index (χ3v) is 2.30. The topological polar surface area (TPSA) is 94.5 Å². The van der Waals surface area contributed by atoms with Crippen molar-refractivity contribution in [3.05, 3.63) is 18.7 Å². The lowest BCUT2D eigenvalue weighted by molar-refractivity contribution is -0.134. The molecule has 0 amide bonds. The number of hydrogen-bond acceptors (Lipinski definition) is 6. The number of halogens is 3. The number of anilines is 2. The smallest absolute Gasteiger partial charge is 0.368 e. The van der Waals surface area contributed by atoms with E-state index in [-0.39, 0.29) is 30.8 Å². The first-order valence-corrected chi connectivity index (χ1v) is 5.74. The van der Waals surface area contributed by atoms with Gasteiger partial charge in [-0.05, 0) is 6.42 Å². The summed E-state index contributed by atoms with van der Waals surface area (Å²) in [6.45, 7) is 0.0896. The van der Waals surface area contributed by atoms with Crippen molar-refractivity contribution in [1.29, 1.82) is 0 Å². The van der Waals surface area contributed by atoms with Gasteiger partial charge >= 0.3 is 6.18 Å². The molecule has 20 heavy (non-hydrogen) atoms. The highest BCUT2D eigenvalue weighted by atomic mass is 19.4. The van der Waals surface area contributed by atoms with Crippen LogP contribution in [0.1, 0.15) is 12.8 Å². The van der Waals surface area contributed by atoms with Crippen LogP contribution in [-0.4, -0.2) is 37.2 Å². The fourth-order valence-corrected chi connectivity index (χ4v) is 1.44. The number of aromatic nitrogens is 5. The van der Waals surface area contributed by atoms with Gasteiger partial charge in [0, 0.05) is 25.4 Å². The van der Waals surface area contributed by atoms with E-state index in [1.165, 1.54) is 17.1 Å². The van der Waals surface area contributed by atoms with E-state index < -0.39 is 12.6 Å². The number of nitrogens with two attached hydrogens (primary N) is 1. The van der Waals surface area contributed by atoms with Gasteiger partial charge in [-0.3, -0.25) is 4.57 Å². The minimum Gasteiger partial charge on any atom is -0.368 e. The Morgan fingerprint density at radius 2 is 2.05 bits per heavy atom. The zero-order chi connectivity index (χ0) is 14.6. The molecule has 10 heteroatoms. The summed E-state index contributed by atoms with van der Waals surface area (Å²) in [6.07, 6.45) is -0.479. The van der Waals surface area contributed by atoms with Gasteiger partial charge in [0.1, 0.15) is 6.33 Å². The molecule has 7 nitrogen and oxygen atoms in total. The van der Waals surface area contributed by atoms with Crippen LogP contribution in [0.3, 0.4) is 0 Å². The average molecular weight is 287 g/mol. The molecule has 0 spiro atoms. The first-order chi connectivity index (χ1) is 9.44. The van der Waals surface area contributed by atoms with Crippen LogP contribution in [-0.2, 0) is 0 Å². The maximum absolute atomic E-state index is 12.0. The molecule has 0 aromatic carbocycles. The number of nitrogens with zero attached hydrogens (tertiary/aromatic N) is 5. The SMILES string of the molecule is Nc1nc(NCCCC(F)(F)F)nc(-n2ccnc2)n1. The molecule has 2 aromatic rings. The first-order valence-electron chi connectivity index (χ1n) is 5.74. The van der Waals surface area contributed by atoms with Gasteiger partial charge < -0.3 is 11.1 Å². The van der Waals surface area contributed by atoms with Crippen LogP contribution in [0.4, 0.5) is 25.1 Å². The van der Waals surface area contributed by atoms with Gasteiger partial charge in [-0.1, -0.05) is 0 Å². The summed E-state index contributed by atoms with van der Waals surface area (Å²) in [5, 5.41) is 2.68. The number of hydrogen-bond donors (Lipinski definition) is 2. The molecular weight excluding hydrogens is 275 g/mol. The molecule has 0 fully saturated rings. The Morgan fingerprint density at radius 3 is 2.70 bits per heavy atom. The lowest BCUT2D eigenvalue weighted by Gasteiger charge is -2.08. The molecule has 0 aliphatic heterocycles. The molecule has 2 aromatic heterocycles. The van der Waals surface area contributed by atoms with Crippen LogP contribution < -0.4 is 11.1 Å². The Balaban J connectivity index is 1.98. The van der Waals surface area contributed by atoms with Gasteiger partial charge in [0.15, 0.2) is 0 Å². The van der Waals surface area contributed by atoms with Crippen molar-refractivity contribution >= 4 is 11.9 Å². The maximum Gasteiger partial charge on any atom is 0.389 e. The lowest BCUT2D eigenvalue weighted by Crippen LogP contribution is -2.14. The van der Waals surface area contributed by atoms with E-state index in [4.69, 9.17) is 5.73 Å². The molecular formula is C10H12F3N7. The van der Waals surface area contributed by atoms with Crippen LogP contribution >= 0.6 is 0 Å². The predicted molar refractivity (Wildman–Crippen MR) is 65.1 cm³/mol. The van der Waals surface area contributed by atoms with Crippen LogP contribution in [0.25, 0.3) is 5.95 Å². The summed E-state index contributed by atoms with van der Waals surface area (Å²) in [4.78, 5) is 15.6. The molecule has 3 N–H and O–H groups in total. The Hall–Kier alpha value is -2.39. The van der Waals surface area contributed by atoms with Gasteiger partial charge in [0.05, 0.1) is 0 Å². The van der Waals surface area contributed by atoms with E-state index >= 15 is 0 Å². The molecule has 0 aliphatic rings. The van der Waals surface area contributed by atoms with Crippen LogP contribution in [0, 0.1) is 0 Å². The number of rotatable bonds is 5. The Morgan fingerprint density at radius 1 is 1.25 bits per heavy atom. The van der Waals surface area contributed by atoms with Crippen molar-refractivity contribution < 1.29 is 13.2 Å². The molecule has 2 rings (SSSR count). The minimum atomic E-state index is -4.16. The fourth-order valence-electron chi connectivity index (χ4n) is 1.44. The van der Waals surface area contributed by atoms with Crippen LogP contribution in [0.2, 0.25) is 0 Å². The van der Waals surface area contributed by atoms with Gasteiger partial charge in [-0.15, -0.1) is 0 Å². The molecule has 108 valence electrons. The Bertz CT molecular complexity index is 552. The van der Waals surface area contributed by atoms with E-state index in [9.17, 15) is 13.2 Å². The largest absolute Gasteiger partial charge is 0.389 e. The fraction of sp³-hybridized carbons (Fsp3) is 0.400. The summed E-state index contributed by atoms with van der Waals surface area (Å²) in [7, 11) is 0. The zero-order valence-corrected chi connectivity index (χ0v) is 10.3. The van der Waals surface area contributed by atoms with Crippen LogP contribution in [0.5, 0.6) is 0 Å². The summed E-state index contributed by atoms with van der Waals surface area (Å²) in [5.41, 5.74) is 5.52. The van der Waals surface area contributed by atoms with Gasteiger partial charge in [0.25, 0.3) is 0 Å². The summed E-state index contributed by atoms with van der Waals surface area (Å²) >= 11 is 0. The summed E-state index contributed by atoms with van der Waals surface area (Å²) in [6, 6.07) is 0. The van der Waals surface area contributed by atoms with Gasteiger partial charge in [-0.25, -0.2) is 4.98 Å². The molecule has 0 unspecified atom stereocenters. The molecule has 0 radical (unpaired) electrons. The first kappa shape index (κ1) is 14.0. The highest BCUT2D eigenvalue weighted by molar-refractivity contribution is 5.34. The lowest BCUT2D eigenvalue weighted by atomic mass is 10.3. The molecule has 0 bridgehead atoms. The van der Waals surface area contributed by atoms with Gasteiger partial charge in [0.2, 0.25) is 17.8 Å². The highest BCUT2D eigenvalue weighted by Crippen LogP contribution is 2.21. The van der Waals surface area contributed by atoms with Crippen molar-refractivity contribution in [3.63, 3.8) is 0 Å². The monoisotopic (exact) mass is 287 g/mol. The van der Waals surface area contributed by atoms with Crippen molar-refractivity contribution in [2.45, 2.75) is 19.0 Å².